The molecule has 1 aliphatic rings. The molecule has 2 aromatic heterocycles. The van der Waals surface area contributed by atoms with Crippen molar-refractivity contribution in [2.24, 2.45) is 0 Å². The normalized spacial score (nSPS) is 14.6. The minimum Gasteiger partial charge on any atom is -0.353 e. The summed E-state index contributed by atoms with van der Waals surface area (Å²) in [5.41, 5.74) is 2.27. The van der Waals surface area contributed by atoms with Gasteiger partial charge in [0, 0.05) is 56.2 Å². The Morgan fingerprint density at radius 2 is 1.81 bits per heavy atom. The summed E-state index contributed by atoms with van der Waals surface area (Å²) in [7, 11) is 0. The third-order valence-electron chi connectivity index (χ3n) is 5.79. The Morgan fingerprint density at radius 1 is 1.00 bits per heavy atom. The molecule has 8 heteroatoms. The first-order chi connectivity index (χ1) is 15.8. The number of para-hydroxylation sites is 1. The fourth-order valence-corrected chi connectivity index (χ4v) is 4.82. The molecule has 5 rings (SSSR count). The number of benzene rings is 2. The van der Waals surface area contributed by atoms with E-state index in [2.05, 4.69) is 55.4 Å². The third-order valence-corrected chi connectivity index (χ3v) is 6.61. The SMILES string of the molecule is O=C(Nc1ccccc1CCN1CCN(c2nsc3ccccc23)CC1)c1cnccn1. The van der Waals surface area contributed by atoms with Crippen molar-refractivity contribution in [1.29, 1.82) is 0 Å². The topological polar surface area (TPSA) is 74.2 Å². The number of amides is 1. The van der Waals surface area contributed by atoms with Gasteiger partial charge in [0.05, 0.1) is 10.9 Å². The summed E-state index contributed by atoms with van der Waals surface area (Å²) in [5.74, 6) is 0.872. The van der Waals surface area contributed by atoms with E-state index in [4.69, 9.17) is 4.37 Å². The van der Waals surface area contributed by atoms with Gasteiger partial charge in [0.15, 0.2) is 0 Å². The first kappa shape index (κ1) is 20.5. The van der Waals surface area contributed by atoms with E-state index in [-0.39, 0.29) is 5.91 Å². The Kier molecular flexibility index (Phi) is 6.04. The van der Waals surface area contributed by atoms with Gasteiger partial charge in [-0.3, -0.25) is 14.7 Å². The van der Waals surface area contributed by atoms with Gasteiger partial charge in [-0.1, -0.05) is 30.3 Å². The number of hydrogen-bond donors (Lipinski definition) is 1. The molecule has 4 aromatic rings. The molecule has 1 N–H and O–H groups in total. The monoisotopic (exact) mass is 444 g/mol. The van der Waals surface area contributed by atoms with Crippen LogP contribution in [0.15, 0.2) is 67.1 Å². The second-order valence-electron chi connectivity index (χ2n) is 7.78. The van der Waals surface area contributed by atoms with E-state index in [0.717, 1.165) is 56.2 Å². The molecule has 2 aromatic carbocycles. The Labute approximate surface area is 190 Å². The van der Waals surface area contributed by atoms with Crippen LogP contribution in [0.3, 0.4) is 0 Å². The largest absolute Gasteiger partial charge is 0.353 e. The van der Waals surface area contributed by atoms with Crippen LogP contribution in [-0.2, 0) is 6.42 Å². The molecule has 1 fully saturated rings. The molecule has 0 unspecified atom stereocenters. The zero-order valence-corrected chi connectivity index (χ0v) is 18.5. The summed E-state index contributed by atoms with van der Waals surface area (Å²) in [6.07, 6.45) is 5.43. The maximum Gasteiger partial charge on any atom is 0.275 e. The van der Waals surface area contributed by atoms with E-state index in [9.17, 15) is 4.79 Å². The van der Waals surface area contributed by atoms with E-state index in [1.165, 1.54) is 22.5 Å². The van der Waals surface area contributed by atoms with Crippen LogP contribution in [0.5, 0.6) is 0 Å². The van der Waals surface area contributed by atoms with Crippen molar-refractivity contribution >= 4 is 39.0 Å². The minimum atomic E-state index is -0.241. The van der Waals surface area contributed by atoms with Crippen molar-refractivity contribution in [2.45, 2.75) is 6.42 Å². The lowest BCUT2D eigenvalue weighted by atomic mass is 10.1. The maximum absolute atomic E-state index is 12.5. The second-order valence-corrected chi connectivity index (χ2v) is 8.59. The number of aromatic nitrogens is 3. The lowest BCUT2D eigenvalue weighted by Crippen LogP contribution is -2.47. The van der Waals surface area contributed by atoms with E-state index < -0.39 is 0 Å². The van der Waals surface area contributed by atoms with Crippen molar-refractivity contribution < 1.29 is 4.79 Å². The third kappa shape index (κ3) is 4.46. The Hall–Kier alpha value is -3.36. The molecule has 0 aliphatic carbocycles. The molecule has 0 spiro atoms. The molecule has 1 amide bonds. The fourth-order valence-electron chi connectivity index (χ4n) is 4.03. The molecule has 32 heavy (non-hydrogen) atoms. The number of anilines is 2. The predicted molar refractivity (Wildman–Crippen MR) is 128 cm³/mol. The summed E-state index contributed by atoms with van der Waals surface area (Å²) >= 11 is 1.57. The molecular formula is C24H24N6OS. The number of fused-ring (bicyclic) bond motifs is 1. The van der Waals surface area contributed by atoms with E-state index in [1.807, 2.05) is 18.2 Å². The molecule has 1 saturated heterocycles. The quantitative estimate of drug-likeness (QED) is 0.489. The number of nitrogens with zero attached hydrogens (tertiary/aromatic N) is 5. The van der Waals surface area contributed by atoms with E-state index >= 15 is 0 Å². The smallest absolute Gasteiger partial charge is 0.275 e. The Balaban J connectivity index is 1.18. The standard InChI is InChI=1S/C24H24N6OS/c31-24(21-17-25-10-11-26-21)27-20-7-3-1-5-18(20)9-12-29-13-15-30(16-14-29)23-19-6-2-4-8-22(19)32-28-23/h1-8,10-11,17H,9,12-16H2,(H,27,31). The fraction of sp³-hybridized carbons (Fsp3) is 0.250. The number of piperazine rings is 1. The lowest BCUT2D eigenvalue weighted by Gasteiger charge is -2.35. The zero-order valence-electron chi connectivity index (χ0n) is 17.6. The van der Waals surface area contributed by atoms with Crippen molar-refractivity contribution in [2.75, 3.05) is 42.9 Å². The van der Waals surface area contributed by atoms with Crippen molar-refractivity contribution in [3.05, 3.63) is 78.4 Å². The van der Waals surface area contributed by atoms with Crippen LogP contribution >= 0.6 is 11.5 Å². The molecule has 0 radical (unpaired) electrons. The second kappa shape index (κ2) is 9.42. The number of carbonyl (C=O) groups is 1. The van der Waals surface area contributed by atoms with Crippen LogP contribution in [-0.4, -0.2) is 57.9 Å². The molecule has 3 heterocycles. The number of rotatable bonds is 6. The van der Waals surface area contributed by atoms with Crippen LogP contribution in [0.2, 0.25) is 0 Å². The highest BCUT2D eigenvalue weighted by atomic mass is 32.1. The minimum absolute atomic E-state index is 0.241. The van der Waals surface area contributed by atoms with Crippen LogP contribution in [0.25, 0.3) is 10.1 Å². The van der Waals surface area contributed by atoms with Gasteiger partial charge in [-0.25, -0.2) is 4.98 Å². The van der Waals surface area contributed by atoms with E-state index in [0.29, 0.717) is 5.69 Å². The average Bonchev–Trinajstić information content (AvgIpc) is 3.29. The molecule has 0 bridgehead atoms. The first-order valence-corrected chi connectivity index (χ1v) is 11.5. The lowest BCUT2D eigenvalue weighted by molar-refractivity contribution is 0.102. The van der Waals surface area contributed by atoms with Crippen molar-refractivity contribution in [3.63, 3.8) is 0 Å². The van der Waals surface area contributed by atoms with Crippen molar-refractivity contribution in [1.82, 2.24) is 19.2 Å². The predicted octanol–water partition coefficient (Wildman–Crippen LogP) is 3.70. The summed E-state index contributed by atoms with van der Waals surface area (Å²) in [6, 6.07) is 16.4. The Morgan fingerprint density at radius 3 is 2.66 bits per heavy atom. The number of carbonyl (C=O) groups excluding carboxylic acids is 1. The summed E-state index contributed by atoms with van der Waals surface area (Å²) < 4.78 is 5.94. The summed E-state index contributed by atoms with van der Waals surface area (Å²) in [4.78, 5) is 25.4. The van der Waals surface area contributed by atoms with Crippen molar-refractivity contribution in [3.8, 4) is 0 Å². The van der Waals surface area contributed by atoms with Crippen LogP contribution in [0, 0.1) is 0 Å². The number of nitrogens with one attached hydrogen (secondary N) is 1. The molecule has 7 nitrogen and oxygen atoms in total. The van der Waals surface area contributed by atoms with Gasteiger partial charge < -0.3 is 10.2 Å². The molecule has 0 atom stereocenters. The summed E-state index contributed by atoms with van der Waals surface area (Å²) in [6.45, 7) is 4.89. The zero-order chi connectivity index (χ0) is 21.8. The van der Waals surface area contributed by atoms with Gasteiger partial charge in [-0.2, -0.15) is 4.37 Å². The highest BCUT2D eigenvalue weighted by molar-refractivity contribution is 7.13. The summed E-state index contributed by atoms with van der Waals surface area (Å²) in [5, 5.41) is 4.23. The molecule has 0 saturated carbocycles. The van der Waals surface area contributed by atoms with E-state index in [1.54, 1.807) is 17.7 Å². The van der Waals surface area contributed by atoms with Gasteiger partial charge in [-0.05, 0) is 41.7 Å². The molecule has 1 aliphatic heterocycles. The molecular weight excluding hydrogens is 420 g/mol. The van der Waals surface area contributed by atoms with Gasteiger partial charge in [0.25, 0.3) is 5.91 Å². The Bertz CT molecular complexity index is 1200. The maximum atomic E-state index is 12.5. The van der Waals surface area contributed by atoms with Crippen LogP contribution in [0.1, 0.15) is 16.1 Å². The van der Waals surface area contributed by atoms with Gasteiger partial charge in [-0.15, -0.1) is 0 Å². The average molecular weight is 445 g/mol. The van der Waals surface area contributed by atoms with Crippen LogP contribution in [0.4, 0.5) is 11.5 Å². The first-order valence-electron chi connectivity index (χ1n) is 10.7. The van der Waals surface area contributed by atoms with Crippen LogP contribution < -0.4 is 10.2 Å². The van der Waals surface area contributed by atoms with Gasteiger partial charge in [0.2, 0.25) is 0 Å². The van der Waals surface area contributed by atoms with Gasteiger partial charge in [0.1, 0.15) is 11.5 Å². The highest BCUT2D eigenvalue weighted by Crippen LogP contribution is 2.29. The number of hydrogen-bond acceptors (Lipinski definition) is 7. The molecule has 162 valence electrons. The van der Waals surface area contributed by atoms with Gasteiger partial charge >= 0.3 is 0 Å². The highest BCUT2D eigenvalue weighted by Gasteiger charge is 2.21.